The Morgan fingerprint density at radius 3 is 2.64 bits per heavy atom. The van der Waals surface area contributed by atoms with E-state index in [0.29, 0.717) is 0 Å². The van der Waals surface area contributed by atoms with Crippen LogP contribution in [0.2, 0.25) is 0 Å². The van der Waals surface area contributed by atoms with E-state index < -0.39 is 17.3 Å². The number of carbonyl (C=O) groups is 1. The summed E-state index contributed by atoms with van der Waals surface area (Å²) in [6, 6.07) is 1.25. The highest BCUT2D eigenvalue weighted by Crippen LogP contribution is 2.15. The lowest BCUT2D eigenvalue weighted by Gasteiger charge is -2.18. The molecular formula is C9H12FNO2S. The van der Waals surface area contributed by atoms with E-state index >= 15 is 0 Å². The summed E-state index contributed by atoms with van der Waals surface area (Å²) in [6.45, 7) is 5.37. The highest BCUT2D eigenvalue weighted by atomic mass is 32.1. The van der Waals surface area contributed by atoms with Crippen molar-refractivity contribution in [2.75, 3.05) is 0 Å². The summed E-state index contributed by atoms with van der Waals surface area (Å²) in [7, 11) is 0. The van der Waals surface area contributed by atoms with Gasteiger partial charge < -0.3 is 0 Å². The molecule has 0 saturated carbocycles. The van der Waals surface area contributed by atoms with E-state index in [9.17, 15) is 9.18 Å². The molecule has 5 heteroatoms. The van der Waals surface area contributed by atoms with Gasteiger partial charge in [-0.3, -0.25) is 9.63 Å². The van der Waals surface area contributed by atoms with E-state index in [0.717, 1.165) is 11.3 Å². The lowest BCUT2D eigenvalue weighted by Crippen LogP contribution is -2.33. The van der Waals surface area contributed by atoms with Gasteiger partial charge in [0.05, 0.1) is 5.60 Å². The molecule has 0 aliphatic rings. The van der Waals surface area contributed by atoms with Crippen LogP contribution in [0.3, 0.4) is 0 Å². The van der Waals surface area contributed by atoms with Crippen molar-refractivity contribution in [3.63, 3.8) is 0 Å². The van der Waals surface area contributed by atoms with E-state index in [1.165, 1.54) is 11.4 Å². The quantitative estimate of drug-likeness (QED) is 0.772. The first-order valence-electron chi connectivity index (χ1n) is 4.11. The summed E-state index contributed by atoms with van der Waals surface area (Å²) in [5.74, 6) is -1.07. The second-order valence-corrected chi connectivity index (χ2v) is 4.66. The van der Waals surface area contributed by atoms with Gasteiger partial charge in [0, 0.05) is 0 Å². The van der Waals surface area contributed by atoms with Crippen molar-refractivity contribution in [3.05, 3.63) is 22.1 Å². The van der Waals surface area contributed by atoms with Crippen molar-refractivity contribution in [3.8, 4) is 0 Å². The Bertz CT molecular complexity index is 330. The lowest BCUT2D eigenvalue weighted by atomic mass is 10.2. The van der Waals surface area contributed by atoms with E-state index in [1.54, 1.807) is 20.8 Å². The van der Waals surface area contributed by atoms with Crippen LogP contribution >= 0.6 is 11.3 Å². The Hall–Kier alpha value is -0.940. The number of hydrogen-bond donors (Lipinski definition) is 1. The molecule has 1 N–H and O–H groups in total. The van der Waals surface area contributed by atoms with E-state index in [-0.39, 0.29) is 4.88 Å². The number of hydrogen-bond acceptors (Lipinski definition) is 3. The molecule has 1 aromatic rings. The summed E-state index contributed by atoms with van der Waals surface area (Å²) in [5.41, 5.74) is 1.71. The zero-order valence-electron chi connectivity index (χ0n) is 8.26. The monoisotopic (exact) mass is 217 g/mol. The van der Waals surface area contributed by atoms with E-state index in [4.69, 9.17) is 4.84 Å². The first kappa shape index (κ1) is 11.1. The predicted molar refractivity (Wildman–Crippen MR) is 52.6 cm³/mol. The van der Waals surface area contributed by atoms with Crippen LogP contribution in [-0.4, -0.2) is 11.5 Å². The van der Waals surface area contributed by atoms with E-state index in [2.05, 4.69) is 5.48 Å². The zero-order valence-corrected chi connectivity index (χ0v) is 9.07. The summed E-state index contributed by atoms with van der Waals surface area (Å²) in [5, 5.41) is 1.52. The maximum atomic E-state index is 12.9. The molecule has 1 aromatic heterocycles. The molecule has 0 atom stereocenters. The minimum atomic E-state index is -0.549. The fourth-order valence-corrected chi connectivity index (χ4v) is 1.35. The summed E-state index contributed by atoms with van der Waals surface area (Å²) >= 11 is 1.04. The van der Waals surface area contributed by atoms with Gasteiger partial charge in [0.1, 0.15) is 10.7 Å². The molecule has 0 spiro atoms. The molecule has 14 heavy (non-hydrogen) atoms. The molecule has 0 fully saturated rings. The molecule has 1 amide bonds. The molecular weight excluding hydrogens is 205 g/mol. The normalized spacial score (nSPS) is 11.4. The van der Waals surface area contributed by atoms with Gasteiger partial charge in [0.2, 0.25) is 0 Å². The zero-order chi connectivity index (χ0) is 10.8. The molecule has 1 heterocycles. The number of thiophene rings is 1. The highest BCUT2D eigenvalue weighted by Gasteiger charge is 2.17. The van der Waals surface area contributed by atoms with Crippen LogP contribution in [0.1, 0.15) is 30.4 Å². The molecule has 0 aliphatic carbocycles. The molecule has 3 nitrogen and oxygen atoms in total. The van der Waals surface area contributed by atoms with Gasteiger partial charge in [-0.1, -0.05) is 0 Å². The SMILES string of the molecule is CC(C)(C)ONC(=O)c1sccc1F. The van der Waals surface area contributed by atoms with Crippen molar-refractivity contribution in [2.45, 2.75) is 26.4 Å². The first-order valence-corrected chi connectivity index (χ1v) is 4.99. The predicted octanol–water partition coefficient (Wildman–Crippen LogP) is 2.35. The van der Waals surface area contributed by atoms with Gasteiger partial charge in [0.25, 0.3) is 5.91 Å². The summed E-state index contributed by atoms with van der Waals surface area (Å²) < 4.78 is 12.9. The van der Waals surface area contributed by atoms with Crippen molar-refractivity contribution in [2.24, 2.45) is 0 Å². The summed E-state index contributed by atoms with van der Waals surface area (Å²) in [4.78, 5) is 16.4. The van der Waals surface area contributed by atoms with Crippen LogP contribution in [0.15, 0.2) is 11.4 Å². The van der Waals surface area contributed by atoms with Crippen molar-refractivity contribution in [1.82, 2.24) is 5.48 Å². The maximum absolute atomic E-state index is 12.9. The number of hydroxylamine groups is 1. The topological polar surface area (TPSA) is 38.3 Å². The molecule has 0 saturated heterocycles. The Morgan fingerprint density at radius 2 is 2.21 bits per heavy atom. The standard InChI is InChI=1S/C9H12FNO2S/c1-9(2,3)13-11-8(12)7-6(10)4-5-14-7/h4-5H,1-3H3,(H,11,12). The molecule has 0 aliphatic heterocycles. The van der Waals surface area contributed by atoms with Crippen LogP contribution in [-0.2, 0) is 4.84 Å². The smallest absolute Gasteiger partial charge is 0.268 e. The number of carbonyl (C=O) groups excluding carboxylic acids is 1. The lowest BCUT2D eigenvalue weighted by molar-refractivity contribution is -0.0589. The third-order valence-electron chi connectivity index (χ3n) is 1.27. The van der Waals surface area contributed by atoms with Crippen LogP contribution in [0.4, 0.5) is 4.39 Å². The van der Waals surface area contributed by atoms with Crippen LogP contribution < -0.4 is 5.48 Å². The maximum Gasteiger partial charge on any atom is 0.287 e. The third kappa shape index (κ3) is 3.08. The van der Waals surface area contributed by atoms with Crippen molar-refractivity contribution in [1.29, 1.82) is 0 Å². The molecule has 0 radical (unpaired) electrons. The minimum absolute atomic E-state index is 0.0363. The molecule has 0 unspecified atom stereocenters. The number of amides is 1. The summed E-state index contributed by atoms with van der Waals surface area (Å²) in [6.07, 6.45) is 0. The Kier molecular flexibility index (Phi) is 3.23. The highest BCUT2D eigenvalue weighted by molar-refractivity contribution is 7.12. The van der Waals surface area contributed by atoms with Crippen LogP contribution in [0.5, 0.6) is 0 Å². The Balaban J connectivity index is 2.56. The van der Waals surface area contributed by atoms with Gasteiger partial charge in [-0.25, -0.2) is 9.87 Å². The van der Waals surface area contributed by atoms with E-state index in [1.807, 2.05) is 0 Å². The van der Waals surface area contributed by atoms with Crippen LogP contribution in [0.25, 0.3) is 0 Å². The van der Waals surface area contributed by atoms with Gasteiger partial charge in [-0.05, 0) is 32.2 Å². The first-order chi connectivity index (χ1) is 6.40. The molecule has 0 bridgehead atoms. The molecule has 78 valence electrons. The molecule has 1 rings (SSSR count). The van der Waals surface area contributed by atoms with Crippen molar-refractivity contribution >= 4 is 17.2 Å². The number of nitrogens with one attached hydrogen (secondary N) is 1. The second-order valence-electron chi connectivity index (χ2n) is 3.74. The fraction of sp³-hybridized carbons (Fsp3) is 0.444. The Morgan fingerprint density at radius 1 is 1.57 bits per heavy atom. The van der Waals surface area contributed by atoms with Gasteiger partial charge in [-0.2, -0.15) is 0 Å². The number of rotatable bonds is 2. The Labute approximate surface area is 85.8 Å². The third-order valence-corrected chi connectivity index (χ3v) is 2.16. The average Bonchev–Trinajstić information content (AvgIpc) is 2.46. The minimum Gasteiger partial charge on any atom is -0.268 e. The van der Waals surface area contributed by atoms with Gasteiger partial charge >= 0.3 is 0 Å². The average molecular weight is 217 g/mol. The van der Waals surface area contributed by atoms with Crippen LogP contribution in [0, 0.1) is 5.82 Å². The van der Waals surface area contributed by atoms with Gasteiger partial charge in [0.15, 0.2) is 0 Å². The number of halogens is 1. The fourth-order valence-electron chi connectivity index (χ4n) is 0.702. The van der Waals surface area contributed by atoms with Gasteiger partial charge in [-0.15, -0.1) is 11.3 Å². The molecule has 0 aromatic carbocycles. The largest absolute Gasteiger partial charge is 0.287 e. The second kappa shape index (κ2) is 4.06. The van der Waals surface area contributed by atoms with Crippen molar-refractivity contribution < 1.29 is 14.0 Å².